The molecule has 0 aromatic heterocycles. The van der Waals surface area contributed by atoms with Crippen molar-refractivity contribution in [3.8, 4) is 16.9 Å². The Morgan fingerprint density at radius 2 is 1.74 bits per heavy atom. The number of Topliss-reactive ketones (excluding diaryl/α,β-unsaturated/α-hetero) is 1. The first kappa shape index (κ1) is 23.3. The fraction of sp³-hybridized carbons (Fsp3) is 0.115. The van der Waals surface area contributed by atoms with Crippen molar-refractivity contribution in [2.75, 3.05) is 7.11 Å². The summed E-state index contributed by atoms with van der Waals surface area (Å²) in [7, 11) is 1.47. The highest BCUT2D eigenvalue weighted by molar-refractivity contribution is 6.30. The van der Waals surface area contributed by atoms with Crippen LogP contribution in [0.1, 0.15) is 26.3 Å². The molecule has 3 aromatic carbocycles. The molecule has 1 atom stereocenters. The van der Waals surface area contributed by atoms with Crippen molar-refractivity contribution in [1.29, 1.82) is 0 Å². The Bertz CT molecular complexity index is 1350. The number of nitrogens with zero attached hydrogens (tertiary/aromatic N) is 1. The Morgan fingerprint density at radius 1 is 1.00 bits per heavy atom. The average Bonchev–Trinajstić information content (AvgIpc) is 3.28. The predicted molar refractivity (Wildman–Crippen MR) is 125 cm³/mol. The summed E-state index contributed by atoms with van der Waals surface area (Å²) in [6, 6.07) is 12.7. The molecule has 3 aromatic rings. The van der Waals surface area contributed by atoms with Gasteiger partial charge in [-0.3, -0.25) is 9.79 Å². The number of hydrogen-bond acceptors (Lipinski definition) is 4. The van der Waals surface area contributed by atoms with Crippen LogP contribution in [-0.2, 0) is 6.42 Å². The molecule has 5 nitrogen and oxygen atoms in total. The number of halogens is 3. The highest BCUT2D eigenvalue weighted by Crippen LogP contribution is 2.35. The Labute approximate surface area is 199 Å². The molecule has 8 heteroatoms. The summed E-state index contributed by atoms with van der Waals surface area (Å²) in [5, 5.41) is 9.42. The highest BCUT2D eigenvalue weighted by atomic mass is 35.5. The lowest BCUT2D eigenvalue weighted by atomic mass is 9.83. The third-order valence-corrected chi connectivity index (χ3v) is 5.84. The first-order valence-electron chi connectivity index (χ1n) is 10.2. The molecule has 0 radical (unpaired) electrons. The lowest BCUT2D eigenvalue weighted by Gasteiger charge is -2.25. The van der Waals surface area contributed by atoms with Gasteiger partial charge < -0.3 is 9.84 Å². The second-order valence-corrected chi connectivity index (χ2v) is 8.15. The van der Waals surface area contributed by atoms with E-state index in [0.717, 1.165) is 12.1 Å². The van der Waals surface area contributed by atoms with Gasteiger partial charge in [0.25, 0.3) is 0 Å². The van der Waals surface area contributed by atoms with Gasteiger partial charge in [0.15, 0.2) is 5.78 Å². The third-order valence-electron chi connectivity index (χ3n) is 5.60. The van der Waals surface area contributed by atoms with Gasteiger partial charge in [-0.25, -0.2) is 13.6 Å². The van der Waals surface area contributed by atoms with Gasteiger partial charge in [-0.1, -0.05) is 23.7 Å². The van der Waals surface area contributed by atoms with Crippen LogP contribution in [0, 0.1) is 11.6 Å². The minimum Gasteiger partial charge on any atom is -0.496 e. The second-order valence-electron chi connectivity index (χ2n) is 7.72. The van der Waals surface area contributed by atoms with E-state index < -0.39 is 34.5 Å². The summed E-state index contributed by atoms with van der Waals surface area (Å²) in [5.41, 5.74) is -0.374. The number of aliphatic imine (C=N–C) groups is 1. The van der Waals surface area contributed by atoms with Crippen molar-refractivity contribution < 1.29 is 28.2 Å². The van der Waals surface area contributed by atoms with Crippen LogP contribution in [0.25, 0.3) is 11.1 Å². The molecule has 0 bridgehead atoms. The number of ether oxygens (including phenoxy) is 1. The van der Waals surface area contributed by atoms with E-state index in [1.807, 2.05) is 0 Å². The molecule has 1 aliphatic heterocycles. The zero-order chi connectivity index (χ0) is 24.5. The van der Waals surface area contributed by atoms with Crippen molar-refractivity contribution in [3.05, 3.63) is 100 Å². The lowest BCUT2D eigenvalue weighted by Crippen LogP contribution is -2.36. The second kappa shape index (κ2) is 9.19. The molecule has 0 saturated carbocycles. The van der Waals surface area contributed by atoms with Gasteiger partial charge in [-0.05, 0) is 71.3 Å². The molecule has 0 aliphatic carbocycles. The Kier molecular flexibility index (Phi) is 6.30. The van der Waals surface area contributed by atoms with Gasteiger partial charge in [0, 0.05) is 17.7 Å². The maximum absolute atomic E-state index is 14.5. The van der Waals surface area contributed by atoms with E-state index in [0.29, 0.717) is 22.4 Å². The molecular weight excluding hydrogens is 464 g/mol. The lowest BCUT2D eigenvalue weighted by molar-refractivity contribution is 0.0691. The molecule has 34 heavy (non-hydrogen) atoms. The van der Waals surface area contributed by atoms with Crippen LogP contribution in [-0.4, -0.2) is 35.7 Å². The molecule has 4 rings (SSSR count). The number of methoxy groups -OCH3 is 1. The predicted octanol–water partition coefficient (Wildman–Crippen LogP) is 5.80. The topological polar surface area (TPSA) is 76.0 Å². The van der Waals surface area contributed by atoms with E-state index in [2.05, 4.69) is 4.99 Å². The SMILES string of the molecule is COc1ccc(-c2ccc(F)c(C(=O)O)c2)cc1CC1(C(=O)c2ccc(Cl)cc2F)C=CC=N1. The molecule has 1 unspecified atom stereocenters. The summed E-state index contributed by atoms with van der Waals surface area (Å²) in [6.45, 7) is 0. The quantitative estimate of drug-likeness (QED) is 0.433. The Balaban J connectivity index is 1.77. The van der Waals surface area contributed by atoms with E-state index in [4.69, 9.17) is 16.3 Å². The third kappa shape index (κ3) is 4.34. The standard InChI is InChI=1S/C26H18ClF2NO4/c1-34-23-8-4-15(16-3-7-21(28)20(12-16)25(32)33)11-17(23)14-26(9-2-10-30-26)24(31)19-6-5-18(27)13-22(19)29/h2-13H,14H2,1H3,(H,32,33). The first-order chi connectivity index (χ1) is 16.2. The number of carbonyl (C=O) groups is 2. The molecular formula is C26H18ClF2NO4. The van der Waals surface area contributed by atoms with Crippen LogP contribution in [0.4, 0.5) is 8.78 Å². The van der Waals surface area contributed by atoms with Crippen LogP contribution < -0.4 is 4.74 Å². The minimum absolute atomic E-state index is 0.0465. The monoisotopic (exact) mass is 481 g/mol. The zero-order valence-electron chi connectivity index (χ0n) is 17.9. The molecule has 1 aliphatic rings. The number of allylic oxidation sites excluding steroid dienone is 1. The van der Waals surface area contributed by atoms with E-state index >= 15 is 0 Å². The van der Waals surface area contributed by atoms with E-state index in [1.165, 1.54) is 37.6 Å². The molecule has 1 heterocycles. The highest BCUT2D eigenvalue weighted by Gasteiger charge is 2.39. The van der Waals surface area contributed by atoms with Crippen LogP contribution in [0.3, 0.4) is 0 Å². The number of ketones is 1. The summed E-state index contributed by atoms with van der Waals surface area (Å²) in [5.74, 6) is -3.06. The number of hydrogen-bond donors (Lipinski definition) is 1. The number of carboxylic acid groups (broad SMARTS) is 1. The molecule has 0 spiro atoms. The van der Waals surface area contributed by atoms with Gasteiger partial charge in [-0.15, -0.1) is 0 Å². The van der Waals surface area contributed by atoms with Crippen LogP contribution in [0.2, 0.25) is 5.02 Å². The van der Waals surface area contributed by atoms with Crippen molar-refractivity contribution in [3.63, 3.8) is 0 Å². The summed E-state index contributed by atoms with van der Waals surface area (Å²) >= 11 is 5.83. The van der Waals surface area contributed by atoms with Crippen molar-refractivity contribution in [2.24, 2.45) is 4.99 Å². The van der Waals surface area contributed by atoms with Crippen LogP contribution in [0.15, 0.2) is 71.7 Å². The number of benzene rings is 3. The van der Waals surface area contributed by atoms with Gasteiger partial charge in [0.1, 0.15) is 22.9 Å². The number of aromatic carboxylic acids is 1. The average molecular weight is 482 g/mol. The Morgan fingerprint density at radius 3 is 2.38 bits per heavy atom. The number of rotatable bonds is 7. The van der Waals surface area contributed by atoms with E-state index in [9.17, 15) is 23.5 Å². The van der Waals surface area contributed by atoms with Gasteiger partial charge >= 0.3 is 5.97 Å². The summed E-state index contributed by atoms with van der Waals surface area (Å²) in [4.78, 5) is 29.1. The van der Waals surface area contributed by atoms with E-state index in [1.54, 1.807) is 30.4 Å². The largest absolute Gasteiger partial charge is 0.496 e. The molecule has 0 amide bonds. The number of carboxylic acids is 1. The van der Waals surface area contributed by atoms with Crippen LogP contribution >= 0.6 is 11.6 Å². The van der Waals surface area contributed by atoms with E-state index in [-0.39, 0.29) is 17.0 Å². The van der Waals surface area contributed by atoms with Crippen molar-refractivity contribution in [2.45, 2.75) is 12.0 Å². The maximum Gasteiger partial charge on any atom is 0.338 e. The fourth-order valence-electron chi connectivity index (χ4n) is 3.90. The van der Waals surface area contributed by atoms with Crippen molar-refractivity contribution >= 4 is 29.6 Å². The minimum atomic E-state index is -1.41. The number of carbonyl (C=O) groups excluding carboxylic acids is 1. The smallest absolute Gasteiger partial charge is 0.338 e. The normalized spacial score (nSPS) is 16.6. The van der Waals surface area contributed by atoms with Gasteiger partial charge in [-0.2, -0.15) is 0 Å². The molecule has 172 valence electrons. The maximum atomic E-state index is 14.5. The fourth-order valence-corrected chi connectivity index (χ4v) is 4.06. The van der Waals surface area contributed by atoms with Crippen LogP contribution in [0.5, 0.6) is 5.75 Å². The summed E-state index contributed by atoms with van der Waals surface area (Å²) < 4.78 is 33.9. The molecule has 1 N–H and O–H groups in total. The zero-order valence-corrected chi connectivity index (χ0v) is 18.6. The van der Waals surface area contributed by atoms with Gasteiger partial charge in [0.2, 0.25) is 0 Å². The molecule has 0 saturated heterocycles. The van der Waals surface area contributed by atoms with Crippen molar-refractivity contribution in [1.82, 2.24) is 0 Å². The first-order valence-corrected chi connectivity index (χ1v) is 10.5. The Hall–Kier alpha value is -3.84. The molecule has 0 fully saturated rings. The van der Waals surface area contributed by atoms with Gasteiger partial charge in [0.05, 0.1) is 18.2 Å². The summed E-state index contributed by atoms with van der Waals surface area (Å²) in [6.07, 6.45) is 4.73.